The summed E-state index contributed by atoms with van der Waals surface area (Å²) in [6, 6.07) is 10.4. The van der Waals surface area contributed by atoms with Gasteiger partial charge in [0.05, 0.1) is 5.69 Å². The molecule has 0 N–H and O–H groups in total. The van der Waals surface area contributed by atoms with Crippen molar-refractivity contribution in [2.45, 2.75) is 46.0 Å². The fraction of sp³-hybridized carbons (Fsp3) is 0.350. The Kier molecular flexibility index (Phi) is 4.74. The maximum atomic E-state index is 4.87. The molecule has 24 heavy (non-hydrogen) atoms. The second kappa shape index (κ2) is 6.95. The quantitative estimate of drug-likeness (QED) is 0.695. The molecule has 0 saturated heterocycles. The van der Waals surface area contributed by atoms with E-state index in [9.17, 15) is 0 Å². The zero-order valence-electron chi connectivity index (χ0n) is 14.8. The average Bonchev–Trinajstić information content (AvgIpc) is 3.09. The minimum atomic E-state index is 0.424. The third kappa shape index (κ3) is 3.53. The molecule has 4 nitrogen and oxygen atoms in total. The maximum absolute atomic E-state index is 4.87. The Morgan fingerprint density at radius 1 is 1.00 bits per heavy atom. The van der Waals surface area contributed by atoms with Crippen molar-refractivity contribution in [3.63, 3.8) is 0 Å². The van der Waals surface area contributed by atoms with Crippen LogP contribution < -0.4 is 0 Å². The van der Waals surface area contributed by atoms with Crippen LogP contribution in [0.25, 0.3) is 5.82 Å². The first-order valence-electron chi connectivity index (χ1n) is 8.49. The third-order valence-corrected chi connectivity index (χ3v) is 4.21. The predicted octanol–water partition coefficient (Wildman–Crippen LogP) is 4.50. The van der Waals surface area contributed by atoms with E-state index in [2.05, 4.69) is 56.0 Å². The molecule has 0 unspecified atom stereocenters. The first-order chi connectivity index (χ1) is 11.5. The van der Waals surface area contributed by atoms with Crippen LogP contribution in [0.3, 0.4) is 0 Å². The molecule has 0 bridgehead atoms. The highest BCUT2D eigenvalue weighted by atomic mass is 15.3. The molecule has 3 rings (SSSR count). The van der Waals surface area contributed by atoms with Crippen molar-refractivity contribution in [3.8, 4) is 5.82 Å². The summed E-state index contributed by atoms with van der Waals surface area (Å²) in [5.74, 6) is 1.77. The summed E-state index contributed by atoms with van der Waals surface area (Å²) in [4.78, 5) is 9.41. The van der Waals surface area contributed by atoms with Crippen molar-refractivity contribution < 1.29 is 0 Å². The lowest BCUT2D eigenvalue weighted by atomic mass is 9.97. The highest BCUT2D eigenvalue weighted by molar-refractivity contribution is 5.35. The molecule has 0 aliphatic heterocycles. The fourth-order valence-corrected chi connectivity index (χ4v) is 2.82. The number of hydrogen-bond donors (Lipinski definition) is 0. The Morgan fingerprint density at radius 2 is 1.83 bits per heavy atom. The SMILES string of the molecule is CC(C)c1ccnc(Cc2nc(-n3cccn3)ccc2C(C)C)c1. The Balaban J connectivity index is 1.98. The summed E-state index contributed by atoms with van der Waals surface area (Å²) < 4.78 is 1.80. The van der Waals surface area contributed by atoms with E-state index in [1.54, 1.807) is 10.9 Å². The smallest absolute Gasteiger partial charge is 0.153 e. The lowest BCUT2D eigenvalue weighted by Crippen LogP contribution is -2.07. The molecule has 0 spiro atoms. The van der Waals surface area contributed by atoms with Gasteiger partial charge in [0.15, 0.2) is 5.82 Å². The molecule has 3 aromatic rings. The van der Waals surface area contributed by atoms with Crippen molar-refractivity contribution >= 4 is 0 Å². The molecular weight excluding hydrogens is 296 g/mol. The van der Waals surface area contributed by atoms with E-state index in [-0.39, 0.29) is 0 Å². The van der Waals surface area contributed by atoms with Gasteiger partial charge in [0.2, 0.25) is 0 Å². The van der Waals surface area contributed by atoms with Crippen LogP contribution in [0.4, 0.5) is 0 Å². The molecule has 0 atom stereocenters. The first kappa shape index (κ1) is 16.4. The van der Waals surface area contributed by atoms with Gasteiger partial charge in [-0.15, -0.1) is 0 Å². The Labute approximate surface area is 143 Å². The third-order valence-electron chi connectivity index (χ3n) is 4.21. The molecule has 0 fully saturated rings. The molecular formula is C20H24N4. The van der Waals surface area contributed by atoms with Crippen LogP contribution in [0.5, 0.6) is 0 Å². The van der Waals surface area contributed by atoms with Crippen molar-refractivity contribution in [1.29, 1.82) is 0 Å². The summed E-state index contributed by atoms with van der Waals surface area (Å²) in [6.07, 6.45) is 6.32. The minimum Gasteiger partial charge on any atom is -0.261 e. The van der Waals surface area contributed by atoms with E-state index in [1.165, 1.54) is 11.1 Å². The monoisotopic (exact) mass is 320 g/mol. The molecule has 0 aliphatic carbocycles. The summed E-state index contributed by atoms with van der Waals surface area (Å²) >= 11 is 0. The molecule has 3 aromatic heterocycles. The van der Waals surface area contributed by atoms with Gasteiger partial charge in [-0.1, -0.05) is 33.8 Å². The lowest BCUT2D eigenvalue weighted by Gasteiger charge is -2.14. The van der Waals surface area contributed by atoms with Crippen molar-refractivity contribution in [2.24, 2.45) is 0 Å². The molecule has 0 saturated carbocycles. The summed E-state index contributed by atoms with van der Waals surface area (Å²) in [5, 5.41) is 4.29. The van der Waals surface area contributed by atoms with E-state index in [4.69, 9.17) is 4.98 Å². The van der Waals surface area contributed by atoms with Crippen LogP contribution in [0, 0.1) is 0 Å². The number of hydrogen-bond acceptors (Lipinski definition) is 3. The Hall–Kier alpha value is -2.49. The summed E-state index contributed by atoms with van der Waals surface area (Å²) in [5.41, 5.74) is 4.72. The largest absolute Gasteiger partial charge is 0.261 e. The van der Waals surface area contributed by atoms with E-state index in [0.717, 1.165) is 23.6 Å². The van der Waals surface area contributed by atoms with Crippen LogP contribution in [0.1, 0.15) is 62.0 Å². The van der Waals surface area contributed by atoms with Gasteiger partial charge in [0.25, 0.3) is 0 Å². The van der Waals surface area contributed by atoms with Crippen LogP contribution in [0.2, 0.25) is 0 Å². The minimum absolute atomic E-state index is 0.424. The van der Waals surface area contributed by atoms with Gasteiger partial charge in [-0.05, 0) is 47.2 Å². The van der Waals surface area contributed by atoms with Gasteiger partial charge >= 0.3 is 0 Å². The van der Waals surface area contributed by atoms with Gasteiger partial charge in [-0.2, -0.15) is 5.10 Å². The molecule has 4 heteroatoms. The number of aromatic nitrogens is 4. The Bertz CT molecular complexity index is 804. The highest BCUT2D eigenvalue weighted by Crippen LogP contribution is 2.23. The molecule has 0 amide bonds. The molecule has 0 aromatic carbocycles. The number of pyridine rings is 2. The van der Waals surface area contributed by atoms with Gasteiger partial charge in [0.1, 0.15) is 0 Å². The zero-order chi connectivity index (χ0) is 17.1. The molecule has 0 radical (unpaired) electrons. The number of nitrogens with zero attached hydrogens (tertiary/aromatic N) is 4. The van der Waals surface area contributed by atoms with Gasteiger partial charge < -0.3 is 0 Å². The molecule has 124 valence electrons. The topological polar surface area (TPSA) is 43.6 Å². The van der Waals surface area contributed by atoms with Gasteiger partial charge in [-0.25, -0.2) is 9.67 Å². The van der Waals surface area contributed by atoms with E-state index < -0.39 is 0 Å². The van der Waals surface area contributed by atoms with Gasteiger partial charge in [-0.3, -0.25) is 4.98 Å². The molecule has 0 aliphatic rings. The molecule has 3 heterocycles. The van der Waals surface area contributed by atoms with Crippen molar-refractivity contribution in [1.82, 2.24) is 19.7 Å². The normalized spacial score (nSPS) is 11.4. The van der Waals surface area contributed by atoms with E-state index in [1.807, 2.05) is 24.5 Å². The van der Waals surface area contributed by atoms with Crippen LogP contribution >= 0.6 is 0 Å². The van der Waals surface area contributed by atoms with Crippen LogP contribution in [-0.4, -0.2) is 19.7 Å². The fourth-order valence-electron chi connectivity index (χ4n) is 2.82. The standard InChI is InChI=1S/C20H24N4/c1-14(2)16-8-10-21-17(12-16)13-19-18(15(3)4)6-7-20(23-19)24-11-5-9-22-24/h5-12,14-15H,13H2,1-4H3. The summed E-state index contributed by atoms with van der Waals surface area (Å²) in [6.45, 7) is 8.81. The number of rotatable bonds is 5. The maximum Gasteiger partial charge on any atom is 0.153 e. The van der Waals surface area contributed by atoms with Gasteiger partial charge in [0, 0.05) is 30.7 Å². The first-order valence-corrected chi connectivity index (χ1v) is 8.49. The average molecular weight is 320 g/mol. The zero-order valence-corrected chi connectivity index (χ0v) is 14.8. The lowest BCUT2D eigenvalue weighted by molar-refractivity contribution is 0.791. The van der Waals surface area contributed by atoms with Crippen LogP contribution in [0.15, 0.2) is 48.9 Å². The van der Waals surface area contributed by atoms with Crippen molar-refractivity contribution in [2.75, 3.05) is 0 Å². The second-order valence-electron chi connectivity index (χ2n) is 6.72. The van der Waals surface area contributed by atoms with Crippen LogP contribution in [-0.2, 0) is 6.42 Å². The summed E-state index contributed by atoms with van der Waals surface area (Å²) in [7, 11) is 0. The highest BCUT2D eigenvalue weighted by Gasteiger charge is 2.12. The predicted molar refractivity (Wildman–Crippen MR) is 96.6 cm³/mol. The van der Waals surface area contributed by atoms with Crippen molar-refractivity contribution in [3.05, 3.63) is 71.4 Å². The Morgan fingerprint density at radius 3 is 2.50 bits per heavy atom. The second-order valence-corrected chi connectivity index (χ2v) is 6.72. The van der Waals surface area contributed by atoms with E-state index in [0.29, 0.717) is 11.8 Å². The van der Waals surface area contributed by atoms with E-state index >= 15 is 0 Å².